The third-order valence-corrected chi connectivity index (χ3v) is 13.0. The van der Waals surface area contributed by atoms with Crippen molar-refractivity contribution < 1.29 is 4.42 Å². The molecule has 54 heavy (non-hydrogen) atoms. The summed E-state index contributed by atoms with van der Waals surface area (Å²) in [5.74, 6) is 0.286. The predicted octanol–water partition coefficient (Wildman–Crippen LogP) is 14.4. The van der Waals surface area contributed by atoms with E-state index in [1.807, 2.05) is 11.3 Å². The monoisotopic (exact) mass is 714 g/mol. The number of hydrogen-bond donors (Lipinski definition) is 0. The van der Waals surface area contributed by atoms with Crippen molar-refractivity contribution in [3.05, 3.63) is 163 Å². The molecule has 260 valence electrons. The van der Waals surface area contributed by atoms with Crippen LogP contribution in [0.15, 0.2) is 161 Å². The number of allylic oxidation sites excluding steroid dienone is 1. The number of fused-ring (bicyclic) bond motifs is 11. The zero-order valence-electron chi connectivity index (χ0n) is 30.3. The van der Waals surface area contributed by atoms with E-state index in [9.17, 15) is 0 Å². The van der Waals surface area contributed by atoms with Crippen LogP contribution in [0.3, 0.4) is 0 Å². The van der Waals surface area contributed by atoms with Gasteiger partial charge in [-0.25, -0.2) is 0 Å². The number of rotatable bonds is 4. The van der Waals surface area contributed by atoms with Gasteiger partial charge in [-0.15, -0.1) is 11.3 Å². The van der Waals surface area contributed by atoms with Crippen molar-refractivity contribution in [2.75, 3.05) is 0 Å². The van der Waals surface area contributed by atoms with Gasteiger partial charge in [0.15, 0.2) is 0 Å². The maximum atomic E-state index is 6.71. The number of hydrogen-bond acceptors (Lipinski definition) is 3. The van der Waals surface area contributed by atoms with Crippen molar-refractivity contribution in [2.45, 2.75) is 32.9 Å². The van der Waals surface area contributed by atoms with Gasteiger partial charge in [-0.05, 0) is 71.8 Å². The molecular formula is C50H38N2OS. The zero-order valence-corrected chi connectivity index (χ0v) is 31.1. The largest absolute Gasteiger partial charge is 0.455 e. The molecule has 0 N–H and O–H groups in total. The van der Waals surface area contributed by atoms with Gasteiger partial charge in [0.2, 0.25) is 0 Å². The van der Waals surface area contributed by atoms with E-state index in [-0.39, 0.29) is 18.0 Å². The highest BCUT2D eigenvalue weighted by atomic mass is 32.1. The lowest BCUT2D eigenvalue weighted by Gasteiger charge is -2.33. The van der Waals surface area contributed by atoms with E-state index in [1.165, 1.54) is 58.5 Å². The molecule has 10 aromatic rings. The average Bonchev–Trinajstić information content (AvgIpc) is 3.89. The van der Waals surface area contributed by atoms with E-state index in [2.05, 4.69) is 170 Å². The molecule has 0 aliphatic carbocycles. The summed E-state index contributed by atoms with van der Waals surface area (Å²) in [5.41, 5.74) is 9.27. The minimum Gasteiger partial charge on any atom is -0.455 e. The van der Waals surface area contributed by atoms with Crippen LogP contribution in [0.5, 0.6) is 0 Å². The van der Waals surface area contributed by atoms with Gasteiger partial charge in [0, 0.05) is 70.2 Å². The molecule has 7 aromatic carbocycles. The Balaban J connectivity index is 1.18. The molecule has 2 unspecified atom stereocenters. The third-order valence-electron chi connectivity index (χ3n) is 11.9. The Morgan fingerprint density at radius 2 is 1.37 bits per heavy atom. The van der Waals surface area contributed by atoms with E-state index >= 15 is 0 Å². The first-order valence-corrected chi connectivity index (χ1v) is 20.0. The quantitative estimate of drug-likeness (QED) is 0.178. The molecule has 0 bridgehead atoms. The summed E-state index contributed by atoms with van der Waals surface area (Å²) in [5, 5.41) is 9.82. The van der Waals surface area contributed by atoms with Crippen molar-refractivity contribution in [1.29, 1.82) is 0 Å². The number of thiophene rings is 1. The summed E-state index contributed by atoms with van der Waals surface area (Å²) in [4.78, 5) is 6.06. The van der Waals surface area contributed by atoms with Crippen molar-refractivity contribution in [3.8, 4) is 0 Å². The molecule has 3 nitrogen and oxygen atoms in total. The van der Waals surface area contributed by atoms with E-state index in [0.29, 0.717) is 0 Å². The lowest BCUT2D eigenvalue weighted by Crippen LogP contribution is -2.25. The van der Waals surface area contributed by atoms with Crippen molar-refractivity contribution >= 4 is 97.3 Å². The van der Waals surface area contributed by atoms with Gasteiger partial charge in [-0.2, -0.15) is 0 Å². The van der Waals surface area contributed by atoms with E-state index in [4.69, 9.17) is 9.41 Å². The fourth-order valence-corrected chi connectivity index (χ4v) is 10.4. The Morgan fingerprint density at radius 3 is 2.17 bits per heavy atom. The third kappa shape index (κ3) is 4.69. The number of nitrogens with zero attached hydrogens (tertiary/aromatic N) is 2. The van der Waals surface area contributed by atoms with Crippen LogP contribution >= 0.6 is 11.3 Å². The second-order valence-electron chi connectivity index (χ2n) is 14.9. The Morgan fingerprint density at radius 1 is 0.667 bits per heavy atom. The summed E-state index contributed by atoms with van der Waals surface area (Å²) >= 11 is 1.88. The minimum atomic E-state index is -0.187. The van der Waals surface area contributed by atoms with Gasteiger partial charge in [-0.3, -0.25) is 4.99 Å². The molecule has 0 spiro atoms. The lowest BCUT2D eigenvalue weighted by atomic mass is 9.82. The fourth-order valence-electron chi connectivity index (χ4n) is 9.33. The summed E-state index contributed by atoms with van der Waals surface area (Å²) in [6.07, 6.45) is 4.19. The van der Waals surface area contributed by atoms with Crippen molar-refractivity contribution in [2.24, 2.45) is 16.8 Å². The first-order valence-electron chi connectivity index (χ1n) is 19.2. The minimum absolute atomic E-state index is 0.123. The first-order chi connectivity index (χ1) is 26.7. The fraction of sp³-hybridized carbons (Fsp3) is 0.140. The molecule has 4 heterocycles. The van der Waals surface area contributed by atoms with E-state index < -0.39 is 0 Å². The van der Waals surface area contributed by atoms with Gasteiger partial charge >= 0.3 is 0 Å². The average molecular weight is 715 g/mol. The van der Waals surface area contributed by atoms with Gasteiger partial charge in [0.1, 0.15) is 17.3 Å². The smallest absolute Gasteiger partial charge is 0.143 e. The van der Waals surface area contributed by atoms with E-state index in [0.717, 1.165) is 51.4 Å². The molecule has 11 rings (SSSR count). The number of aliphatic imine (C=N–C) groups is 1. The highest BCUT2D eigenvalue weighted by Crippen LogP contribution is 2.46. The number of para-hydroxylation sites is 2. The maximum Gasteiger partial charge on any atom is 0.143 e. The van der Waals surface area contributed by atoms with Gasteiger partial charge < -0.3 is 8.98 Å². The number of benzene rings is 7. The maximum absolute atomic E-state index is 6.71. The summed E-state index contributed by atoms with van der Waals surface area (Å²) < 4.78 is 11.9. The second kappa shape index (κ2) is 12.3. The first kappa shape index (κ1) is 31.5. The molecule has 0 fully saturated rings. The number of aromatic nitrogens is 1. The summed E-state index contributed by atoms with van der Waals surface area (Å²) in [6.45, 7) is 4.70. The highest BCUT2D eigenvalue weighted by molar-refractivity contribution is 7.25. The Bertz CT molecular complexity index is 3120. The molecule has 3 aromatic heterocycles. The molecule has 1 aliphatic heterocycles. The number of furan rings is 1. The topological polar surface area (TPSA) is 30.4 Å². The molecule has 3 atom stereocenters. The van der Waals surface area contributed by atoms with Crippen molar-refractivity contribution in [3.63, 3.8) is 0 Å². The molecule has 0 radical (unpaired) electrons. The molecule has 0 saturated carbocycles. The molecular weight excluding hydrogens is 677 g/mol. The van der Waals surface area contributed by atoms with Crippen LogP contribution in [0.25, 0.3) is 80.3 Å². The Kier molecular flexibility index (Phi) is 7.18. The van der Waals surface area contributed by atoms with Crippen LogP contribution in [0.4, 0.5) is 0 Å². The van der Waals surface area contributed by atoms with Gasteiger partial charge in [0.05, 0.1) is 11.0 Å². The van der Waals surface area contributed by atoms with Crippen LogP contribution < -0.4 is 0 Å². The lowest BCUT2D eigenvalue weighted by molar-refractivity contribution is 0.415. The Hall–Kier alpha value is -5.97. The van der Waals surface area contributed by atoms with Crippen LogP contribution in [0.1, 0.15) is 44.0 Å². The van der Waals surface area contributed by atoms with Crippen LogP contribution in [0.2, 0.25) is 0 Å². The van der Waals surface area contributed by atoms with E-state index in [1.54, 1.807) is 0 Å². The SMILES string of the molecule is CC[C@H]1/C(c2ccc3sc4ccccc4c3c2)=C/CC(C)/C(c2cccc3oc4c5ccccc5ccc4c23)=N\C1n1c2ccccc2c2ccccc21. The molecule has 0 amide bonds. The van der Waals surface area contributed by atoms with Crippen LogP contribution in [-0.2, 0) is 0 Å². The molecule has 0 saturated heterocycles. The van der Waals surface area contributed by atoms with Crippen LogP contribution in [0, 0.1) is 11.8 Å². The normalized spacial score (nSPS) is 20.1. The predicted molar refractivity (Wildman–Crippen MR) is 231 cm³/mol. The van der Waals surface area contributed by atoms with Gasteiger partial charge in [0.25, 0.3) is 0 Å². The van der Waals surface area contributed by atoms with Crippen molar-refractivity contribution in [1.82, 2.24) is 4.57 Å². The summed E-state index contributed by atoms with van der Waals surface area (Å²) in [6, 6.07) is 53.2. The van der Waals surface area contributed by atoms with Crippen LogP contribution in [-0.4, -0.2) is 10.3 Å². The van der Waals surface area contributed by atoms with Gasteiger partial charge in [-0.1, -0.05) is 123 Å². The molecule has 4 heteroatoms. The zero-order chi connectivity index (χ0) is 35.9. The highest BCUT2D eigenvalue weighted by Gasteiger charge is 2.33. The Labute approximate surface area is 317 Å². The second-order valence-corrected chi connectivity index (χ2v) is 16.0. The summed E-state index contributed by atoms with van der Waals surface area (Å²) in [7, 11) is 0. The molecule has 1 aliphatic rings. The standard InChI is InChI=1S/C50H38N2OS/c1-3-33-34(32-25-28-46-41(29-32)38-17-8-11-22-45(38)54-46)26-23-30(2)48(51-50(33)52-42-19-9-6-15-36(42)37-16-7-10-20-43(37)52)39-18-12-21-44-47(39)40-27-24-31-13-4-5-14-35(31)49(40)53-44/h4-22,24-30,33,50H,3,23H2,1-2H3/b34-26+,51-48+/t30?,33-,50?/m0/s1.